The van der Waals surface area contributed by atoms with Gasteiger partial charge in [-0.2, -0.15) is 8.42 Å². The lowest BCUT2D eigenvalue weighted by Gasteiger charge is -2.24. The van der Waals surface area contributed by atoms with Gasteiger partial charge in [0.05, 0.1) is 5.69 Å². The average molecular weight is 283 g/mol. The number of hydrogen-bond acceptors (Lipinski definition) is 3. The Labute approximate surface area is 115 Å². The number of nitrogens with zero attached hydrogens (tertiary/aromatic N) is 1. The van der Waals surface area contributed by atoms with E-state index >= 15 is 0 Å². The maximum absolute atomic E-state index is 12.1. The summed E-state index contributed by atoms with van der Waals surface area (Å²) in [5, 5.41) is 3.43. The topological polar surface area (TPSA) is 61.4 Å². The van der Waals surface area contributed by atoms with Crippen molar-refractivity contribution in [1.29, 1.82) is 0 Å². The van der Waals surface area contributed by atoms with Crippen molar-refractivity contribution in [3.05, 3.63) is 29.8 Å². The molecule has 1 aromatic carbocycles. The summed E-state index contributed by atoms with van der Waals surface area (Å²) >= 11 is 0. The Morgan fingerprint density at radius 1 is 1.37 bits per heavy atom. The molecule has 0 bridgehead atoms. The molecule has 0 saturated carbocycles. The first kappa shape index (κ1) is 14.3. The second-order valence-electron chi connectivity index (χ2n) is 4.59. The normalized spacial score (nSPS) is 19.9. The van der Waals surface area contributed by atoms with Crippen LogP contribution >= 0.6 is 0 Å². The highest BCUT2D eigenvalue weighted by molar-refractivity contribution is 7.90. The van der Waals surface area contributed by atoms with Gasteiger partial charge in [0.1, 0.15) is 0 Å². The van der Waals surface area contributed by atoms with Crippen LogP contribution in [0.1, 0.15) is 31.4 Å². The lowest BCUT2D eigenvalue weighted by molar-refractivity contribution is 0.512. The Morgan fingerprint density at radius 3 is 2.79 bits per heavy atom. The van der Waals surface area contributed by atoms with Gasteiger partial charge in [0, 0.05) is 19.6 Å². The van der Waals surface area contributed by atoms with Crippen molar-refractivity contribution < 1.29 is 8.42 Å². The Kier molecular flexibility index (Phi) is 4.44. The fraction of sp³-hybridized carbons (Fsp3) is 0.538. The van der Waals surface area contributed by atoms with E-state index in [-0.39, 0.29) is 6.04 Å². The summed E-state index contributed by atoms with van der Waals surface area (Å²) in [5.41, 5.74) is 1.83. The van der Waals surface area contributed by atoms with Crippen molar-refractivity contribution in [3.8, 4) is 0 Å². The van der Waals surface area contributed by atoms with E-state index < -0.39 is 10.2 Å². The lowest BCUT2D eigenvalue weighted by Crippen LogP contribution is -2.39. The molecular formula is C13H21N3O2S. The Balaban J connectivity index is 2.47. The van der Waals surface area contributed by atoms with Crippen molar-refractivity contribution >= 4 is 15.9 Å². The molecule has 2 rings (SSSR count). The van der Waals surface area contributed by atoms with Crippen LogP contribution in [-0.2, 0) is 10.2 Å². The van der Waals surface area contributed by atoms with Crippen LogP contribution in [0.15, 0.2) is 24.3 Å². The van der Waals surface area contributed by atoms with Gasteiger partial charge >= 0.3 is 10.2 Å². The molecule has 0 aliphatic carbocycles. The molecule has 0 amide bonds. The molecule has 0 aromatic heterocycles. The molecule has 0 radical (unpaired) electrons. The fourth-order valence-corrected chi connectivity index (χ4v) is 3.56. The minimum absolute atomic E-state index is 0.221. The van der Waals surface area contributed by atoms with Crippen LogP contribution in [0.5, 0.6) is 0 Å². The van der Waals surface area contributed by atoms with Gasteiger partial charge in [-0.3, -0.25) is 4.31 Å². The van der Waals surface area contributed by atoms with Crippen molar-refractivity contribution in [2.75, 3.05) is 24.4 Å². The number of anilines is 1. The smallest absolute Gasteiger partial charge is 0.301 e. The van der Waals surface area contributed by atoms with Gasteiger partial charge in [0.25, 0.3) is 0 Å². The zero-order valence-electron chi connectivity index (χ0n) is 11.4. The number of fused-ring (bicyclic) bond motifs is 1. The SMILES string of the molecule is CCNC1CCCN(S(=O)(=O)NC)c2ccccc21. The third-order valence-electron chi connectivity index (χ3n) is 3.43. The average Bonchev–Trinajstić information content (AvgIpc) is 2.60. The van der Waals surface area contributed by atoms with Crippen molar-refractivity contribution in [2.45, 2.75) is 25.8 Å². The van der Waals surface area contributed by atoms with E-state index in [1.165, 1.54) is 11.4 Å². The minimum Gasteiger partial charge on any atom is -0.310 e. The predicted molar refractivity (Wildman–Crippen MR) is 77.4 cm³/mol. The highest BCUT2D eigenvalue weighted by Crippen LogP contribution is 2.33. The highest BCUT2D eigenvalue weighted by Gasteiger charge is 2.28. The minimum atomic E-state index is -3.44. The fourth-order valence-electron chi connectivity index (χ4n) is 2.54. The van der Waals surface area contributed by atoms with Crippen LogP contribution in [0, 0.1) is 0 Å². The first-order valence-electron chi connectivity index (χ1n) is 6.63. The van der Waals surface area contributed by atoms with Crippen molar-refractivity contribution in [2.24, 2.45) is 0 Å². The Bertz CT molecular complexity index is 530. The van der Waals surface area contributed by atoms with Gasteiger partial charge in [-0.1, -0.05) is 25.1 Å². The van der Waals surface area contributed by atoms with Gasteiger partial charge in [0.2, 0.25) is 0 Å². The molecule has 1 aliphatic rings. The highest BCUT2D eigenvalue weighted by atomic mass is 32.2. The molecule has 1 aliphatic heterocycles. The van der Waals surface area contributed by atoms with Crippen LogP contribution < -0.4 is 14.3 Å². The molecule has 1 heterocycles. The van der Waals surface area contributed by atoms with Crippen LogP contribution in [-0.4, -0.2) is 28.6 Å². The molecule has 6 heteroatoms. The summed E-state index contributed by atoms with van der Waals surface area (Å²) in [6.45, 7) is 3.45. The van der Waals surface area contributed by atoms with E-state index in [1.807, 2.05) is 24.3 Å². The van der Waals surface area contributed by atoms with Gasteiger partial charge in [-0.05, 0) is 31.0 Å². The summed E-state index contributed by atoms with van der Waals surface area (Å²) in [5.74, 6) is 0. The molecule has 5 nitrogen and oxygen atoms in total. The first-order valence-corrected chi connectivity index (χ1v) is 8.07. The molecule has 0 fully saturated rings. The Hall–Kier alpha value is -1.11. The number of nitrogens with one attached hydrogen (secondary N) is 2. The monoisotopic (exact) mass is 283 g/mol. The maximum Gasteiger partial charge on any atom is 0.301 e. The van der Waals surface area contributed by atoms with Crippen molar-refractivity contribution in [3.63, 3.8) is 0 Å². The molecule has 1 unspecified atom stereocenters. The second-order valence-corrected chi connectivity index (χ2v) is 6.39. The summed E-state index contributed by atoms with van der Waals surface area (Å²) in [6, 6.07) is 7.94. The Morgan fingerprint density at radius 2 is 2.11 bits per heavy atom. The van der Waals surface area contributed by atoms with E-state index in [0.29, 0.717) is 6.54 Å². The molecule has 19 heavy (non-hydrogen) atoms. The molecule has 1 atom stereocenters. The van der Waals surface area contributed by atoms with Crippen LogP contribution in [0.3, 0.4) is 0 Å². The number of rotatable bonds is 4. The largest absolute Gasteiger partial charge is 0.310 e. The third kappa shape index (κ3) is 2.91. The van der Waals surface area contributed by atoms with Gasteiger partial charge < -0.3 is 5.32 Å². The zero-order chi connectivity index (χ0) is 13.9. The standard InChI is InChI=1S/C13H21N3O2S/c1-3-15-12-8-6-10-16(19(17,18)14-2)13-9-5-4-7-11(12)13/h4-5,7,9,12,14-15H,3,6,8,10H2,1-2H3. The third-order valence-corrected chi connectivity index (χ3v) is 4.91. The second kappa shape index (κ2) is 5.90. The molecule has 1 aromatic rings. The van der Waals surface area contributed by atoms with E-state index in [9.17, 15) is 8.42 Å². The van der Waals surface area contributed by atoms with E-state index in [2.05, 4.69) is 17.0 Å². The first-order chi connectivity index (χ1) is 9.10. The number of benzene rings is 1. The van der Waals surface area contributed by atoms with E-state index in [1.54, 1.807) is 0 Å². The zero-order valence-corrected chi connectivity index (χ0v) is 12.2. The van der Waals surface area contributed by atoms with Crippen LogP contribution in [0.4, 0.5) is 5.69 Å². The summed E-state index contributed by atoms with van der Waals surface area (Å²) in [6.07, 6.45) is 1.79. The number of hydrogen-bond donors (Lipinski definition) is 2. The molecular weight excluding hydrogens is 262 g/mol. The van der Waals surface area contributed by atoms with E-state index in [0.717, 1.165) is 30.6 Å². The summed E-state index contributed by atoms with van der Waals surface area (Å²) in [7, 11) is -1.99. The number of para-hydroxylation sites is 1. The van der Waals surface area contributed by atoms with Crippen LogP contribution in [0.25, 0.3) is 0 Å². The molecule has 0 spiro atoms. The van der Waals surface area contributed by atoms with Crippen molar-refractivity contribution in [1.82, 2.24) is 10.0 Å². The van der Waals surface area contributed by atoms with Gasteiger partial charge in [-0.15, -0.1) is 0 Å². The summed E-state index contributed by atoms with van der Waals surface area (Å²) in [4.78, 5) is 0. The van der Waals surface area contributed by atoms with E-state index in [4.69, 9.17) is 0 Å². The predicted octanol–water partition coefficient (Wildman–Crippen LogP) is 1.40. The molecule has 2 N–H and O–H groups in total. The van der Waals surface area contributed by atoms with Gasteiger partial charge in [0.15, 0.2) is 0 Å². The quantitative estimate of drug-likeness (QED) is 0.878. The maximum atomic E-state index is 12.1. The lowest BCUT2D eigenvalue weighted by atomic mass is 10.0. The summed E-state index contributed by atoms with van der Waals surface area (Å²) < 4.78 is 28.1. The molecule has 0 saturated heterocycles. The van der Waals surface area contributed by atoms with Crippen LogP contribution in [0.2, 0.25) is 0 Å². The van der Waals surface area contributed by atoms with Gasteiger partial charge in [-0.25, -0.2) is 4.72 Å². The molecule has 106 valence electrons.